The molecule has 1 saturated heterocycles. The van der Waals surface area contributed by atoms with Crippen molar-refractivity contribution in [2.45, 2.75) is 26.4 Å². The van der Waals surface area contributed by atoms with E-state index in [9.17, 15) is 14.7 Å². The number of aliphatic hydroxyl groups excluding tert-OH is 1. The number of hydrogen-bond acceptors (Lipinski definition) is 6. The van der Waals surface area contributed by atoms with Crippen molar-refractivity contribution in [1.82, 2.24) is 9.88 Å². The standard InChI is InChI=1S/C24H22N2O4S/c1-14-8-11-31-23(14)20-19(21(27)17-4-5-18(30-3)15(2)12-17)22(28)24(29)26(20)13-16-6-9-25-10-7-16/h4-12,20,27H,13H2,1-3H3/b21-19-. The molecule has 1 amide bonds. The van der Waals surface area contributed by atoms with Crippen LogP contribution in [0.25, 0.3) is 5.76 Å². The zero-order valence-electron chi connectivity index (χ0n) is 17.5. The van der Waals surface area contributed by atoms with Gasteiger partial charge in [0.1, 0.15) is 17.6 Å². The molecule has 1 aliphatic rings. The highest BCUT2D eigenvalue weighted by atomic mass is 32.1. The van der Waals surface area contributed by atoms with Crippen LogP contribution in [0.4, 0.5) is 0 Å². The second kappa shape index (κ2) is 8.35. The first-order chi connectivity index (χ1) is 14.9. The number of thiophene rings is 1. The number of amides is 1. The number of rotatable bonds is 5. The molecule has 2 aromatic heterocycles. The van der Waals surface area contributed by atoms with Gasteiger partial charge >= 0.3 is 0 Å². The normalized spacial score (nSPS) is 17.9. The maximum Gasteiger partial charge on any atom is 0.295 e. The topological polar surface area (TPSA) is 79.7 Å². The number of aromatic nitrogens is 1. The van der Waals surface area contributed by atoms with Gasteiger partial charge in [-0.1, -0.05) is 0 Å². The minimum atomic E-state index is -0.683. The molecule has 7 heteroatoms. The third-order valence-electron chi connectivity index (χ3n) is 5.46. The summed E-state index contributed by atoms with van der Waals surface area (Å²) in [4.78, 5) is 32.5. The van der Waals surface area contributed by atoms with E-state index in [1.165, 1.54) is 16.2 Å². The molecule has 0 saturated carbocycles. The van der Waals surface area contributed by atoms with Crippen molar-refractivity contribution < 1.29 is 19.4 Å². The molecule has 31 heavy (non-hydrogen) atoms. The molecule has 3 aromatic rings. The number of ether oxygens (including phenoxy) is 1. The number of pyridine rings is 1. The summed E-state index contributed by atoms with van der Waals surface area (Å²) in [6.07, 6.45) is 3.30. The highest BCUT2D eigenvalue weighted by molar-refractivity contribution is 7.10. The highest BCUT2D eigenvalue weighted by Crippen LogP contribution is 2.43. The molecule has 1 atom stereocenters. The number of carbonyl (C=O) groups excluding carboxylic acids is 2. The fraction of sp³-hybridized carbons (Fsp3) is 0.208. The Kier molecular flexibility index (Phi) is 5.61. The van der Waals surface area contributed by atoms with Gasteiger partial charge in [0.15, 0.2) is 0 Å². The Labute approximate surface area is 184 Å². The highest BCUT2D eigenvalue weighted by Gasteiger charge is 2.47. The van der Waals surface area contributed by atoms with Crippen LogP contribution in [-0.2, 0) is 16.1 Å². The fourth-order valence-electron chi connectivity index (χ4n) is 3.85. The third-order valence-corrected chi connectivity index (χ3v) is 6.53. The van der Waals surface area contributed by atoms with Crippen LogP contribution < -0.4 is 4.74 Å². The van der Waals surface area contributed by atoms with Gasteiger partial charge in [-0.2, -0.15) is 0 Å². The van der Waals surface area contributed by atoms with Gasteiger partial charge in [0.2, 0.25) is 0 Å². The Morgan fingerprint density at radius 3 is 2.48 bits per heavy atom. The molecular weight excluding hydrogens is 412 g/mol. The van der Waals surface area contributed by atoms with Crippen LogP contribution in [0.5, 0.6) is 5.75 Å². The molecule has 1 aliphatic heterocycles. The smallest absolute Gasteiger partial charge is 0.295 e. The Hall–Kier alpha value is -3.45. The van der Waals surface area contributed by atoms with E-state index in [4.69, 9.17) is 4.74 Å². The van der Waals surface area contributed by atoms with Crippen molar-refractivity contribution in [3.63, 3.8) is 0 Å². The summed E-state index contributed by atoms with van der Waals surface area (Å²) < 4.78 is 5.29. The lowest BCUT2D eigenvalue weighted by Crippen LogP contribution is -2.29. The predicted molar refractivity (Wildman–Crippen MR) is 119 cm³/mol. The van der Waals surface area contributed by atoms with Crippen molar-refractivity contribution >= 4 is 28.8 Å². The average Bonchev–Trinajstić information content (AvgIpc) is 3.29. The van der Waals surface area contributed by atoms with Crippen molar-refractivity contribution in [2.75, 3.05) is 7.11 Å². The average molecular weight is 435 g/mol. The number of aliphatic hydroxyl groups is 1. The largest absolute Gasteiger partial charge is 0.507 e. The summed E-state index contributed by atoms with van der Waals surface area (Å²) >= 11 is 1.47. The van der Waals surface area contributed by atoms with Crippen LogP contribution in [0.15, 0.2) is 59.7 Å². The van der Waals surface area contributed by atoms with Crippen molar-refractivity contribution in [1.29, 1.82) is 0 Å². The Morgan fingerprint density at radius 1 is 1.13 bits per heavy atom. The predicted octanol–water partition coefficient (Wildman–Crippen LogP) is 4.39. The molecule has 0 spiro atoms. The Morgan fingerprint density at radius 2 is 1.87 bits per heavy atom. The first-order valence-electron chi connectivity index (χ1n) is 9.78. The van der Waals surface area contributed by atoms with Crippen LogP contribution in [0.2, 0.25) is 0 Å². The molecule has 3 heterocycles. The number of carbonyl (C=O) groups is 2. The van der Waals surface area contributed by atoms with Crippen LogP contribution in [0.3, 0.4) is 0 Å². The van der Waals surface area contributed by atoms with Gasteiger partial charge in [0.25, 0.3) is 11.7 Å². The number of Topliss-reactive ketones (excluding diaryl/α,β-unsaturated/α-hetero) is 1. The van der Waals surface area contributed by atoms with Gasteiger partial charge < -0.3 is 14.7 Å². The van der Waals surface area contributed by atoms with E-state index in [0.29, 0.717) is 11.3 Å². The molecule has 1 fully saturated rings. The summed E-state index contributed by atoms with van der Waals surface area (Å²) in [6.45, 7) is 4.04. The van der Waals surface area contributed by atoms with E-state index in [1.807, 2.05) is 37.4 Å². The van der Waals surface area contributed by atoms with E-state index < -0.39 is 17.7 Å². The van der Waals surface area contributed by atoms with Gasteiger partial charge in [-0.15, -0.1) is 11.3 Å². The third kappa shape index (κ3) is 3.72. The number of nitrogens with zero attached hydrogens (tertiary/aromatic N) is 2. The van der Waals surface area contributed by atoms with E-state index in [0.717, 1.165) is 21.6 Å². The van der Waals surface area contributed by atoms with Gasteiger partial charge in [0, 0.05) is 29.4 Å². The van der Waals surface area contributed by atoms with Crippen LogP contribution >= 0.6 is 11.3 Å². The van der Waals surface area contributed by atoms with Crippen LogP contribution in [-0.4, -0.2) is 33.8 Å². The molecule has 1 aromatic carbocycles. The van der Waals surface area contributed by atoms with Gasteiger partial charge in [0.05, 0.1) is 12.7 Å². The second-order valence-electron chi connectivity index (χ2n) is 7.43. The minimum absolute atomic E-state index is 0.106. The van der Waals surface area contributed by atoms with Gasteiger partial charge in [-0.25, -0.2) is 0 Å². The first kappa shape index (κ1) is 20.8. The lowest BCUT2D eigenvalue weighted by Gasteiger charge is -2.25. The first-order valence-corrected chi connectivity index (χ1v) is 10.7. The number of aryl methyl sites for hydroxylation is 2. The summed E-state index contributed by atoms with van der Waals surface area (Å²) in [5.41, 5.74) is 3.22. The number of likely N-dealkylation sites (tertiary alicyclic amines) is 1. The van der Waals surface area contributed by atoms with Crippen LogP contribution in [0.1, 0.15) is 33.2 Å². The second-order valence-corrected chi connectivity index (χ2v) is 8.38. The molecule has 6 nitrogen and oxygen atoms in total. The maximum atomic E-state index is 13.1. The zero-order chi connectivity index (χ0) is 22.1. The van der Waals surface area contributed by atoms with Crippen molar-refractivity contribution in [3.05, 3.63) is 86.9 Å². The lowest BCUT2D eigenvalue weighted by molar-refractivity contribution is -0.140. The number of methoxy groups -OCH3 is 1. The Balaban J connectivity index is 1.86. The molecule has 0 radical (unpaired) electrons. The van der Waals surface area contributed by atoms with E-state index in [2.05, 4.69) is 4.98 Å². The van der Waals surface area contributed by atoms with Crippen molar-refractivity contribution in [2.24, 2.45) is 0 Å². The molecule has 1 unspecified atom stereocenters. The molecule has 1 N–H and O–H groups in total. The van der Waals surface area contributed by atoms with E-state index in [1.54, 1.807) is 37.7 Å². The molecule has 158 valence electrons. The quantitative estimate of drug-likeness (QED) is 0.366. The summed E-state index contributed by atoms with van der Waals surface area (Å²) in [5, 5.41) is 13.1. The fourth-order valence-corrected chi connectivity index (χ4v) is 4.89. The monoisotopic (exact) mass is 434 g/mol. The summed E-state index contributed by atoms with van der Waals surface area (Å²) in [5.74, 6) is -0.807. The van der Waals surface area contributed by atoms with Gasteiger partial charge in [-0.05, 0) is 72.3 Å². The number of hydrogen-bond donors (Lipinski definition) is 1. The summed E-state index contributed by atoms with van der Waals surface area (Å²) in [7, 11) is 1.58. The van der Waals surface area contributed by atoms with E-state index in [-0.39, 0.29) is 17.9 Å². The molecule has 0 bridgehead atoms. The number of benzene rings is 1. The molecule has 4 rings (SSSR count). The van der Waals surface area contributed by atoms with Crippen LogP contribution in [0, 0.1) is 13.8 Å². The zero-order valence-corrected chi connectivity index (χ0v) is 18.3. The number of ketones is 1. The van der Waals surface area contributed by atoms with Gasteiger partial charge in [-0.3, -0.25) is 14.6 Å². The SMILES string of the molecule is COc1ccc(/C(O)=C2/C(=O)C(=O)N(Cc3ccncc3)C2c2sccc2C)cc1C. The molecule has 0 aliphatic carbocycles. The van der Waals surface area contributed by atoms with E-state index >= 15 is 0 Å². The molecular formula is C24H22N2O4S. The van der Waals surface area contributed by atoms with Crippen molar-refractivity contribution in [3.8, 4) is 5.75 Å². The lowest BCUT2D eigenvalue weighted by atomic mass is 9.97. The Bertz CT molecular complexity index is 1180. The summed E-state index contributed by atoms with van der Waals surface area (Å²) in [6, 6.07) is 10.1. The maximum absolute atomic E-state index is 13.1. The minimum Gasteiger partial charge on any atom is -0.507 e.